The zero-order chi connectivity index (χ0) is 18.7. The third kappa shape index (κ3) is 4.10. The fraction of sp³-hybridized carbons (Fsp3) is 0.368. The van der Waals surface area contributed by atoms with Crippen LogP contribution in [0.25, 0.3) is 0 Å². The fourth-order valence-corrected chi connectivity index (χ4v) is 4.62. The number of carbonyl (C=O) groups is 2. The molecule has 1 fully saturated rings. The standard InChI is InChI=1S/C19H21BrN2O3S/c1-21(19(24)16-8-9-17(20)26-16)12-18(23)22-10-4-7-15(22)13-5-3-6-14(11-13)25-2/h3,5-6,8-9,11,15H,4,7,10,12H2,1-2H3. The van der Waals surface area contributed by atoms with Crippen LogP contribution >= 0.6 is 27.3 Å². The molecule has 1 aromatic heterocycles. The second-order valence-electron chi connectivity index (χ2n) is 6.29. The maximum atomic E-state index is 12.8. The number of nitrogens with zero attached hydrogens (tertiary/aromatic N) is 2. The molecular weight excluding hydrogens is 416 g/mol. The molecule has 26 heavy (non-hydrogen) atoms. The van der Waals surface area contributed by atoms with Gasteiger partial charge in [0.25, 0.3) is 5.91 Å². The monoisotopic (exact) mass is 436 g/mol. The maximum absolute atomic E-state index is 12.8. The van der Waals surface area contributed by atoms with Crippen molar-refractivity contribution >= 4 is 39.1 Å². The van der Waals surface area contributed by atoms with E-state index in [1.54, 1.807) is 20.2 Å². The van der Waals surface area contributed by atoms with Crippen LogP contribution in [0.3, 0.4) is 0 Å². The van der Waals surface area contributed by atoms with Crippen molar-refractivity contribution in [3.8, 4) is 5.75 Å². The number of benzene rings is 1. The summed E-state index contributed by atoms with van der Waals surface area (Å²) in [5, 5.41) is 0. The summed E-state index contributed by atoms with van der Waals surface area (Å²) in [6, 6.07) is 11.5. The summed E-state index contributed by atoms with van der Waals surface area (Å²) in [7, 11) is 3.31. The minimum atomic E-state index is -0.133. The van der Waals surface area contributed by atoms with Crippen molar-refractivity contribution in [1.82, 2.24) is 9.80 Å². The van der Waals surface area contributed by atoms with Gasteiger partial charge in [-0.05, 0) is 58.6 Å². The number of likely N-dealkylation sites (N-methyl/N-ethyl adjacent to an activating group) is 1. The molecule has 3 rings (SSSR count). The molecule has 0 bridgehead atoms. The van der Waals surface area contributed by atoms with Gasteiger partial charge in [-0.1, -0.05) is 12.1 Å². The SMILES string of the molecule is COc1cccc(C2CCCN2C(=O)CN(C)C(=O)c2ccc(Br)s2)c1. The Bertz CT molecular complexity index is 808. The normalized spacial score (nSPS) is 16.6. The summed E-state index contributed by atoms with van der Waals surface area (Å²) in [6.45, 7) is 0.794. The van der Waals surface area contributed by atoms with Crippen LogP contribution in [-0.2, 0) is 4.79 Å². The molecule has 1 aromatic carbocycles. The highest BCUT2D eigenvalue weighted by atomic mass is 79.9. The van der Waals surface area contributed by atoms with Gasteiger partial charge in [0.2, 0.25) is 5.91 Å². The average molecular weight is 437 g/mol. The second kappa shape index (κ2) is 8.22. The Labute approximate surface area is 165 Å². The number of hydrogen-bond acceptors (Lipinski definition) is 4. The van der Waals surface area contributed by atoms with Gasteiger partial charge in [0.1, 0.15) is 5.75 Å². The number of likely N-dealkylation sites (tertiary alicyclic amines) is 1. The lowest BCUT2D eigenvalue weighted by atomic mass is 10.0. The van der Waals surface area contributed by atoms with Gasteiger partial charge in [-0.2, -0.15) is 0 Å². The molecule has 0 N–H and O–H groups in total. The minimum absolute atomic E-state index is 0.0261. The zero-order valence-electron chi connectivity index (χ0n) is 14.8. The topological polar surface area (TPSA) is 49.9 Å². The van der Waals surface area contributed by atoms with Crippen LogP contribution in [0.2, 0.25) is 0 Å². The van der Waals surface area contributed by atoms with Crippen molar-refractivity contribution in [2.24, 2.45) is 0 Å². The second-order valence-corrected chi connectivity index (χ2v) is 8.75. The Hall–Kier alpha value is -1.86. The highest BCUT2D eigenvalue weighted by Gasteiger charge is 2.31. The number of amides is 2. The van der Waals surface area contributed by atoms with Crippen LogP contribution < -0.4 is 4.74 Å². The Kier molecular flexibility index (Phi) is 5.98. The van der Waals surface area contributed by atoms with Crippen LogP contribution in [-0.4, -0.2) is 48.9 Å². The molecule has 1 aliphatic rings. The van der Waals surface area contributed by atoms with Crippen LogP contribution in [0, 0.1) is 0 Å². The van der Waals surface area contributed by atoms with Gasteiger partial charge in [-0.25, -0.2) is 0 Å². The zero-order valence-corrected chi connectivity index (χ0v) is 17.2. The Morgan fingerprint density at radius 3 is 2.85 bits per heavy atom. The highest BCUT2D eigenvalue weighted by molar-refractivity contribution is 9.11. The summed E-state index contributed by atoms with van der Waals surface area (Å²) in [6.07, 6.45) is 1.89. The first-order chi connectivity index (χ1) is 12.5. The summed E-state index contributed by atoms with van der Waals surface area (Å²) >= 11 is 4.73. The molecule has 2 aromatic rings. The summed E-state index contributed by atoms with van der Waals surface area (Å²) in [4.78, 5) is 29.3. The summed E-state index contributed by atoms with van der Waals surface area (Å²) in [5.41, 5.74) is 1.08. The highest BCUT2D eigenvalue weighted by Crippen LogP contribution is 2.33. The van der Waals surface area contributed by atoms with Crippen LogP contribution in [0.15, 0.2) is 40.2 Å². The van der Waals surface area contributed by atoms with Gasteiger partial charge in [0.05, 0.1) is 28.4 Å². The van der Waals surface area contributed by atoms with Crippen LogP contribution in [0.4, 0.5) is 0 Å². The van der Waals surface area contributed by atoms with E-state index in [9.17, 15) is 9.59 Å². The van der Waals surface area contributed by atoms with Crippen molar-refractivity contribution in [3.05, 3.63) is 50.6 Å². The number of hydrogen-bond donors (Lipinski definition) is 0. The van der Waals surface area contributed by atoms with Gasteiger partial charge in [-0.15, -0.1) is 11.3 Å². The summed E-state index contributed by atoms with van der Waals surface area (Å²) < 4.78 is 6.20. The van der Waals surface area contributed by atoms with E-state index < -0.39 is 0 Å². The smallest absolute Gasteiger partial charge is 0.264 e. The predicted octanol–water partition coefficient (Wildman–Crippen LogP) is 3.95. The lowest BCUT2D eigenvalue weighted by Gasteiger charge is -2.27. The van der Waals surface area contributed by atoms with Gasteiger partial charge >= 0.3 is 0 Å². The van der Waals surface area contributed by atoms with E-state index in [4.69, 9.17) is 4.74 Å². The van der Waals surface area contributed by atoms with E-state index in [1.807, 2.05) is 35.2 Å². The Balaban J connectivity index is 1.69. The van der Waals surface area contributed by atoms with Crippen molar-refractivity contribution in [2.75, 3.05) is 27.2 Å². The number of carbonyl (C=O) groups excluding carboxylic acids is 2. The average Bonchev–Trinajstić information content (AvgIpc) is 3.30. The number of thiophene rings is 1. The van der Waals surface area contributed by atoms with Gasteiger partial charge in [0.15, 0.2) is 0 Å². The number of methoxy groups -OCH3 is 1. The molecule has 0 aliphatic carbocycles. The van der Waals surface area contributed by atoms with Crippen LogP contribution in [0.1, 0.15) is 34.1 Å². The van der Waals surface area contributed by atoms with Gasteiger partial charge in [-0.3, -0.25) is 9.59 Å². The molecule has 1 saturated heterocycles. The van der Waals surface area contributed by atoms with E-state index in [0.29, 0.717) is 11.4 Å². The van der Waals surface area contributed by atoms with E-state index in [1.165, 1.54) is 16.2 Å². The van der Waals surface area contributed by atoms with Crippen molar-refractivity contribution in [1.29, 1.82) is 0 Å². The quantitative estimate of drug-likeness (QED) is 0.712. The van der Waals surface area contributed by atoms with Crippen molar-refractivity contribution in [2.45, 2.75) is 18.9 Å². The van der Waals surface area contributed by atoms with E-state index in [0.717, 1.165) is 27.9 Å². The molecule has 1 atom stereocenters. The lowest BCUT2D eigenvalue weighted by Crippen LogP contribution is -2.40. The summed E-state index contributed by atoms with van der Waals surface area (Å²) in [5.74, 6) is 0.630. The third-order valence-electron chi connectivity index (χ3n) is 4.55. The number of ether oxygens (including phenoxy) is 1. The third-order valence-corrected chi connectivity index (χ3v) is 6.17. The van der Waals surface area contributed by atoms with E-state index in [-0.39, 0.29) is 24.4 Å². The van der Waals surface area contributed by atoms with Gasteiger partial charge < -0.3 is 14.5 Å². The molecule has 0 saturated carbocycles. The first-order valence-electron chi connectivity index (χ1n) is 8.44. The molecular formula is C19H21BrN2O3S. The molecule has 5 nitrogen and oxygen atoms in total. The number of rotatable bonds is 5. The molecule has 7 heteroatoms. The Morgan fingerprint density at radius 1 is 1.35 bits per heavy atom. The molecule has 0 radical (unpaired) electrons. The fourth-order valence-electron chi connectivity index (χ4n) is 3.24. The predicted molar refractivity (Wildman–Crippen MR) is 106 cm³/mol. The lowest BCUT2D eigenvalue weighted by molar-refractivity contribution is -0.132. The van der Waals surface area contributed by atoms with Gasteiger partial charge in [0, 0.05) is 13.6 Å². The molecule has 1 aliphatic heterocycles. The molecule has 2 heterocycles. The molecule has 1 unspecified atom stereocenters. The first kappa shape index (κ1) is 18.9. The number of halogens is 1. The van der Waals surface area contributed by atoms with E-state index in [2.05, 4.69) is 15.9 Å². The largest absolute Gasteiger partial charge is 0.497 e. The first-order valence-corrected chi connectivity index (χ1v) is 10.0. The maximum Gasteiger partial charge on any atom is 0.264 e. The van der Waals surface area contributed by atoms with Crippen molar-refractivity contribution in [3.63, 3.8) is 0 Å². The molecule has 2 amide bonds. The molecule has 0 spiro atoms. The van der Waals surface area contributed by atoms with E-state index >= 15 is 0 Å². The van der Waals surface area contributed by atoms with Crippen molar-refractivity contribution < 1.29 is 14.3 Å². The van der Waals surface area contributed by atoms with Crippen LogP contribution in [0.5, 0.6) is 5.75 Å². The minimum Gasteiger partial charge on any atom is -0.497 e. The Morgan fingerprint density at radius 2 is 2.15 bits per heavy atom. The molecule has 138 valence electrons.